The molecule has 0 spiro atoms. The van der Waals surface area contributed by atoms with Crippen LogP contribution in [0.3, 0.4) is 0 Å². The van der Waals surface area contributed by atoms with E-state index in [0.717, 1.165) is 0 Å². The quantitative estimate of drug-likeness (QED) is 0.915. The number of carboxylic acids is 1. The van der Waals surface area contributed by atoms with Crippen molar-refractivity contribution in [2.75, 3.05) is 0 Å². The molecular formula is C10H6BrFO3. The van der Waals surface area contributed by atoms with E-state index in [-0.39, 0.29) is 6.42 Å². The van der Waals surface area contributed by atoms with Gasteiger partial charge in [0.25, 0.3) is 0 Å². The molecule has 0 unspecified atom stereocenters. The second kappa shape index (κ2) is 3.66. The lowest BCUT2D eigenvalue weighted by Gasteiger charge is -1.95. The zero-order chi connectivity index (χ0) is 11.0. The topological polar surface area (TPSA) is 50.4 Å². The molecule has 5 heteroatoms. The van der Waals surface area contributed by atoms with Crippen LogP contribution < -0.4 is 0 Å². The third kappa shape index (κ3) is 1.87. The lowest BCUT2D eigenvalue weighted by atomic mass is 10.1. The van der Waals surface area contributed by atoms with Crippen LogP contribution in [0.15, 0.2) is 27.3 Å². The molecule has 0 aliphatic rings. The van der Waals surface area contributed by atoms with E-state index in [4.69, 9.17) is 9.52 Å². The number of carbonyl (C=O) groups is 1. The van der Waals surface area contributed by atoms with Crippen molar-refractivity contribution in [2.24, 2.45) is 0 Å². The van der Waals surface area contributed by atoms with Gasteiger partial charge < -0.3 is 9.52 Å². The maximum Gasteiger partial charge on any atom is 0.307 e. The Morgan fingerprint density at radius 1 is 1.53 bits per heavy atom. The van der Waals surface area contributed by atoms with Crippen LogP contribution in [0.1, 0.15) is 5.56 Å². The Morgan fingerprint density at radius 2 is 2.27 bits per heavy atom. The molecule has 2 rings (SSSR count). The lowest BCUT2D eigenvalue weighted by Crippen LogP contribution is -1.98. The molecule has 0 saturated heterocycles. The minimum Gasteiger partial charge on any atom is -0.481 e. The van der Waals surface area contributed by atoms with Gasteiger partial charge in [-0.25, -0.2) is 4.39 Å². The summed E-state index contributed by atoms with van der Waals surface area (Å²) in [5.74, 6) is -1.40. The summed E-state index contributed by atoms with van der Waals surface area (Å²) in [4.78, 5) is 10.5. The predicted molar refractivity (Wildman–Crippen MR) is 55.2 cm³/mol. The van der Waals surface area contributed by atoms with Gasteiger partial charge in [-0.1, -0.05) is 0 Å². The monoisotopic (exact) mass is 272 g/mol. The molecular weight excluding hydrogens is 267 g/mol. The van der Waals surface area contributed by atoms with Gasteiger partial charge in [-0.05, 0) is 28.1 Å². The van der Waals surface area contributed by atoms with E-state index in [1.807, 2.05) is 0 Å². The molecule has 1 heterocycles. The molecule has 0 amide bonds. The van der Waals surface area contributed by atoms with Crippen molar-refractivity contribution in [3.63, 3.8) is 0 Å². The Morgan fingerprint density at radius 3 is 2.93 bits per heavy atom. The van der Waals surface area contributed by atoms with Crippen molar-refractivity contribution in [1.82, 2.24) is 0 Å². The van der Waals surface area contributed by atoms with Crippen LogP contribution in [0.2, 0.25) is 0 Å². The summed E-state index contributed by atoms with van der Waals surface area (Å²) in [5, 5.41) is 9.13. The predicted octanol–water partition coefficient (Wildman–Crippen LogP) is 2.96. The normalized spacial score (nSPS) is 10.8. The summed E-state index contributed by atoms with van der Waals surface area (Å²) < 4.78 is 18.7. The number of benzene rings is 1. The second-order valence-corrected chi connectivity index (χ2v) is 3.95. The fourth-order valence-corrected chi connectivity index (χ4v) is 1.94. The van der Waals surface area contributed by atoms with Gasteiger partial charge in [0.05, 0.1) is 17.2 Å². The zero-order valence-electron chi connectivity index (χ0n) is 7.46. The minimum atomic E-state index is -0.974. The summed E-state index contributed by atoms with van der Waals surface area (Å²) in [7, 11) is 0. The Bertz CT molecular complexity index is 533. The van der Waals surface area contributed by atoms with Gasteiger partial charge in [0.15, 0.2) is 0 Å². The molecule has 78 valence electrons. The molecule has 0 radical (unpaired) electrons. The summed E-state index contributed by atoms with van der Waals surface area (Å²) in [6, 6.07) is 2.54. The number of aliphatic carboxylic acids is 1. The van der Waals surface area contributed by atoms with Crippen LogP contribution in [0.5, 0.6) is 0 Å². The molecule has 0 aliphatic carbocycles. The molecule has 0 bridgehead atoms. The number of fused-ring (bicyclic) bond motifs is 1. The Kier molecular flexibility index (Phi) is 2.48. The van der Waals surface area contributed by atoms with Crippen LogP contribution in [0, 0.1) is 5.82 Å². The van der Waals surface area contributed by atoms with E-state index in [1.54, 1.807) is 0 Å². The summed E-state index contributed by atoms with van der Waals surface area (Å²) in [5.41, 5.74) is 0.936. The van der Waals surface area contributed by atoms with E-state index in [1.165, 1.54) is 18.4 Å². The highest BCUT2D eigenvalue weighted by molar-refractivity contribution is 9.10. The van der Waals surface area contributed by atoms with Crippen molar-refractivity contribution in [2.45, 2.75) is 6.42 Å². The molecule has 1 aromatic carbocycles. The van der Waals surface area contributed by atoms with Gasteiger partial charge in [0, 0.05) is 10.9 Å². The number of rotatable bonds is 2. The molecule has 2 aromatic rings. The maximum atomic E-state index is 13.1. The van der Waals surface area contributed by atoms with E-state index >= 15 is 0 Å². The van der Waals surface area contributed by atoms with Crippen LogP contribution in [0.25, 0.3) is 11.0 Å². The van der Waals surface area contributed by atoms with Crippen molar-refractivity contribution < 1.29 is 18.7 Å². The van der Waals surface area contributed by atoms with Gasteiger partial charge in [0.1, 0.15) is 11.4 Å². The average Bonchev–Trinajstić information content (AvgIpc) is 2.48. The van der Waals surface area contributed by atoms with Crippen LogP contribution in [-0.4, -0.2) is 11.1 Å². The largest absolute Gasteiger partial charge is 0.481 e. The van der Waals surface area contributed by atoms with Crippen LogP contribution in [-0.2, 0) is 11.2 Å². The number of hydrogen-bond donors (Lipinski definition) is 1. The van der Waals surface area contributed by atoms with E-state index in [0.29, 0.717) is 21.0 Å². The number of hydrogen-bond acceptors (Lipinski definition) is 2. The molecule has 15 heavy (non-hydrogen) atoms. The lowest BCUT2D eigenvalue weighted by molar-refractivity contribution is -0.136. The highest BCUT2D eigenvalue weighted by Crippen LogP contribution is 2.29. The van der Waals surface area contributed by atoms with Gasteiger partial charge in [-0.15, -0.1) is 0 Å². The van der Waals surface area contributed by atoms with Gasteiger partial charge >= 0.3 is 5.97 Å². The molecule has 1 N–H and O–H groups in total. The van der Waals surface area contributed by atoms with Crippen molar-refractivity contribution >= 4 is 32.9 Å². The Balaban J connectivity index is 2.63. The minimum absolute atomic E-state index is 0.178. The van der Waals surface area contributed by atoms with Gasteiger partial charge in [0.2, 0.25) is 0 Å². The number of furan rings is 1. The Labute approximate surface area is 92.6 Å². The Hall–Kier alpha value is -1.36. The van der Waals surface area contributed by atoms with Crippen LogP contribution >= 0.6 is 15.9 Å². The SMILES string of the molecule is O=C(O)Cc1coc2c(Br)cc(F)cc12. The highest BCUT2D eigenvalue weighted by atomic mass is 79.9. The third-order valence-electron chi connectivity index (χ3n) is 2.02. The highest BCUT2D eigenvalue weighted by Gasteiger charge is 2.12. The molecule has 0 aliphatic heterocycles. The van der Waals surface area contributed by atoms with Gasteiger partial charge in [-0.3, -0.25) is 4.79 Å². The molecule has 1 aromatic heterocycles. The standard InChI is InChI=1S/C10H6BrFO3/c11-8-3-6(12)2-7-5(1-9(13)14)4-15-10(7)8/h2-4H,1H2,(H,13,14). The first kappa shape index (κ1) is 10.2. The molecule has 3 nitrogen and oxygen atoms in total. The fraction of sp³-hybridized carbons (Fsp3) is 0.100. The van der Waals surface area contributed by atoms with Crippen LogP contribution in [0.4, 0.5) is 4.39 Å². The first-order valence-electron chi connectivity index (χ1n) is 4.15. The zero-order valence-corrected chi connectivity index (χ0v) is 9.04. The van der Waals surface area contributed by atoms with Crippen molar-refractivity contribution in [1.29, 1.82) is 0 Å². The fourth-order valence-electron chi connectivity index (χ4n) is 1.41. The molecule has 0 saturated carbocycles. The number of halogens is 2. The summed E-state index contributed by atoms with van der Waals surface area (Å²) in [6.45, 7) is 0. The smallest absolute Gasteiger partial charge is 0.307 e. The average molecular weight is 273 g/mol. The summed E-state index contributed by atoms with van der Waals surface area (Å²) in [6.07, 6.45) is 1.16. The van der Waals surface area contributed by atoms with E-state index in [9.17, 15) is 9.18 Å². The van der Waals surface area contributed by atoms with Crippen molar-refractivity contribution in [3.05, 3.63) is 34.2 Å². The molecule has 0 atom stereocenters. The third-order valence-corrected chi connectivity index (χ3v) is 2.60. The van der Waals surface area contributed by atoms with Gasteiger partial charge in [-0.2, -0.15) is 0 Å². The first-order chi connectivity index (χ1) is 7.08. The van der Waals surface area contributed by atoms with E-state index in [2.05, 4.69) is 15.9 Å². The number of carboxylic acid groups (broad SMARTS) is 1. The first-order valence-corrected chi connectivity index (χ1v) is 4.94. The summed E-state index contributed by atoms with van der Waals surface area (Å²) >= 11 is 3.15. The van der Waals surface area contributed by atoms with E-state index < -0.39 is 11.8 Å². The second-order valence-electron chi connectivity index (χ2n) is 3.10. The maximum absolute atomic E-state index is 13.1. The molecule has 0 fully saturated rings. The van der Waals surface area contributed by atoms with Crippen molar-refractivity contribution in [3.8, 4) is 0 Å².